The largest absolute Gasteiger partial charge is 0.299 e. The molecule has 0 aromatic heterocycles. The first-order valence-electron chi connectivity index (χ1n) is 5.00. The van der Waals surface area contributed by atoms with E-state index in [0.717, 1.165) is 12.0 Å². The first-order valence-corrected chi connectivity index (χ1v) is 5.00. The van der Waals surface area contributed by atoms with Crippen molar-refractivity contribution in [3.63, 3.8) is 0 Å². The Bertz CT molecular complexity index is 359. The average molecular weight is 192 g/mol. The van der Waals surface area contributed by atoms with Gasteiger partial charge in [0.25, 0.3) is 0 Å². The highest BCUT2D eigenvalue weighted by atomic mass is 19.1. The summed E-state index contributed by atoms with van der Waals surface area (Å²) in [5, 5.41) is 0. The van der Waals surface area contributed by atoms with Gasteiger partial charge in [0.05, 0.1) is 0 Å². The normalized spacial score (nSPS) is 26.0. The maximum absolute atomic E-state index is 12.9. The molecule has 1 fully saturated rings. The molecule has 1 aromatic rings. The molecule has 0 aliphatic heterocycles. The fourth-order valence-electron chi connectivity index (χ4n) is 2.17. The van der Waals surface area contributed by atoms with Gasteiger partial charge in [-0.25, -0.2) is 4.39 Å². The zero-order valence-electron chi connectivity index (χ0n) is 8.16. The molecule has 2 atom stereocenters. The lowest BCUT2D eigenvalue weighted by atomic mass is 9.68. The molecule has 1 aliphatic carbocycles. The predicted octanol–water partition coefficient (Wildman–Crippen LogP) is 2.91. The van der Waals surface area contributed by atoms with E-state index >= 15 is 0 Å². The first kappa shape index (κ1) is 9.38. The van der Waals surface area contributed by atoms with E-state index in [2.05, 4.69) is 0 Å². The molecule has 14 heavy (non-hydrogen) atoms. The molecule has 0 bridgehead atoms. The first-order chi connectivity index (χ1) is 6.72. The molecular formula is C12H13FO. The topological polar surface area (TPSA) is 17.1 Å². The van der Waals surface area contributed by atoms with Gasteiger partial charge in [-0.1, -0.05) is 19.1 Å². The van der Waals surface area contributed by atoms with Crippen molar-refractivity contribution in [2.45, 2.75) is 25.7 Å². The van der Waals surface area contributed by atoms with E-state index in [4.69, 9.17) is 0 Å². The van der Waals surface area contributed by atoms with Crippen molar-refractivity contribution in [1.82, 2.24) is 0 Å². The summed E-state index contributed by atoms with van der Waals surface area (Å²) in [6.45, 7) is 2.01. The Balaban J connectivity index is 2.20. The van der Waals surface area contributed by atoms with E-state index in [0.29, 0.717) is 12.2 Å². The Morgan fingerprint density at radius 2 is 2.29 bits per heavy atom. The number of benzene rings is 1. The van der Waals surface area contributed by atoms with Crippen molar-refractivity contribution in [3.8, 4) is 0 Å². The third kappa shape index (κ3) is 1.45. The summed E-state index contributed by atoms with van der Waals surface area (Å²) < 4.78 is 12.9. The molecule has 1 aromatic carbocycles. The number of carbonyl (C=O) groups is 1. The van der Waals surface area contributed by atoms with Gasteiger partial charge < -0.3 is 0 Å². The van der Waals surface area contributed by atoms with Crippen LogP contribution in [0.25, 0.3) is 0 Å². The standard InChI is InChI=1S/C12H13FO/c1-2-10-11(7-12(10)14)8-4-3-5-9(13)6-8/h3-6,10-11H,2,7H2,1H3. The quantitative estimate of drug-likeness (QED) is 0.704. The highest BCUT2D eigenvalue weighted by Crippen LogP contribution is 2.41. The van der Waals surface area contributed by atoms with Gasteiger partial charge >= 0.3 is 0 Å². The minimum Gasteiger partial charge on any atom is -0.299 e. The summed E-state index contributed by atoms with van der Waals surface area (Å²) in [4.78, 5) is 11.2. The van der Waals surface area contributed by atoms with Gasteiger partial charge in [0, 0.05) is 18.3 Å². The lowest BCUT2D eigenvalue weighted by Gasteiger charge is -2.34. The summed E-state index contributed by atoms with van der Waals surface area (Å²) >= 11 is 0. The number of Topliss-reactive ketones (excluding diaryl/α,β-unsaturated/α-hetero) is 1. The van der Waals surface area contributed by atoms with E-state index in [-0.39, 0.29) is 17.7 Å². The molecule has 1 aliphatic rings. The van der Waals surface area contributed by atoms with E-state index < -0.39 is 0 Å². The molecule has 0 amide bonds. The van der Waals surface area contributed by atoms with Crippen LogP contribution in [0, 0.1) is 11.7 Å². The summed E-state index contributed by atoms with van der Waals surface area (Å²) in [6, 6.07) is 6.59. The minimum absolute atomic E-state index is 0.122. The van der Waals surface area contributed by atoms with Crippen LogP contribution in [0.1, 0.15) is 31.2 Å². The number of halogens is 1. The van der Waals surface area contributed by atoms with Crippen molar-refractivity contribution in [1.29, 1.82) is 0 Å². The SMILES string of the molecule is CCC1C(=O)CC1c1cccc(F)c1. The fraction of sp³-hybridized carbons (Fsp3) is 0.417. The Morgan fingerprint density at radius 3 is 2.86 bits per heavy atom. The van der Waals surface area contributed by atoms with Crippen molar-refractivity contribution in [2.24, 2.45) is 5.92 Å². The summed E-state index contributed by atoms with van der Waals surface area (Å²) in [6.07, 6.45) is 1.45. The average Bonchev–Trinajstić information content (AvgIpc) is 2.14. The minimum atomic E-state index is -0.211. The highest BCUT2D eigenvalue weighted by Gasteiger charge is 2.38. The second kappa shape index (κ2) is 3.52. The maximum atomic E-state index is 12.9. The summed E-state index contributed by atoms with van der Waals surface area (Å²) in [5.41, 5.74) is 0.969. The Labute approximate surface area is 82.9 Å². The molecule has 0 saturated heterocycles. The summed E-state index contributed by atoms with van der Waals surface area (Å²) in [7, 11) is 0. The Morgan fingerprint density at radius 1 is 1.50 bits per heavy atom. The van der Waals surface area contributed by atoms with Gasteiger partial charge in [0.15, 0.2) is 0 Å². The van der Waals surface area contributed by atoms with Crippen LogP contribution in [0.4, 0.5) is 4.39 Å². The highest BCUT2D eigenvalue weighted by molar-refractivity contribution is 5.89. The molecule has 0 N–H and O–H groups in total. The molecular weight excluding hydrogens is 179 g/mol. The van der Waals surface area contributed by atoms with Gasteiger partial charge in [-0.2, -0.15) is 0 Å². The number of carbonyl (C=O) groups excluding carboxylic acids is 1. The van der Waals surface area contributed by atoms with Crippen LogP contribution >= 0.6 is 0 Å². The second-order valence-electron chi connectivity index (χ2n) is 3.85. The molecule has 74 valence electrons. The van der Waals surface area contributed by atoms with Crippen molar-refractivity contribution in [3.05, 3.63) is 35.6 Å². The molecule has 0 spiro atoms. The van der Waals surface area contributed by atoms with Gasteiger partial charge in [-0.3, -0.25) is 4.79 Å². The van der Waals surface area contributed by atoms with E-state index in [1.54, 1.807) is 12.1 Å². The number of hydrogen-bond acceptors (Lipinski definition) is 1. The van der Waals surface area contributed by atoms with Gasteiger partial charge in [-0.05, 0) is 24.1 Å². The van der Waals surface area contributed by atoms with E-state index in [1.165, 1.54) is 6.07 Å². The van der Waals surface area contributed by atoms with Crippen LogP contribution in [0.3, 0.4) is 0 Å². The van der Waals surface area contributed by atoms with Crippen LogP contribution in [-0.4, -0.2) is 5.78 Å². The van der Waals surface area contributed by atoms with Crippen LogP contribution in [-0.2, 0) is 4.79 Å². The second-order valence-corrected chi connectivity index (χ2v) is 3.85. The smallest absolute Gasteiger partial charge is 0.137 e. The molecule has 1 nitrogen and oxygen atoms in total. The Hall–Kier alpha value is -1.18. The summed E-state index contributed by atoms with van der Waals surface area (Å²) in [5.74, 6) is 0.485. The third-order valence-electron chi connectivity index (χ3n) is 3.04. The van der Waals surface area contributed by atoms with Crippen molar-refractivity contribution >= 4 is 5.78 Å². The van der Waals surface area contributed by atoms with Crippen molar-refractivity contribution in [2.75, 3.05) is 0 Å². The Kier molecular flexibility index (Phi) is 2.36. The number of hydrogen-bond donors (Lipinski definition) is 0. The predicted molar refractivity (Wildman–Crippen MR) is 52.5 cm³/mol. The van der Waals surface area contributed by atoms with Crippen LogP contribution < -0.4 is 0 Å². The van der Waals surface area contributed by atoms with Gasteiger partial charge in [0.2, 0.25) is 0 Å². The zero-order valence-corrected chi connectivity index (χ0v) is 8.16. The third-order valence-corrected chi connectivity index (χ3v) is 3.04. The molecule has 2 unspecified atom stereocenters. The van der Waals surface area contributed by atoms with Crippen LogP contribution in [0.2, 0.25) is 0 Å². The lowest BCUT2D eigenvalue weighted by molar-refractivity contribution is -0.131. The van der Waals surface area contributed by atoms with Crippen molar-refractivity contribution < 1.29 is 9.18 Å². The molecule has 0 radical (unpaired) electrons. The van der Waals surface area contributed by atoms with Crippen LogP contribution in [0.15, 0.2) is 24.3 Å². The van der Waals surface area contributed by atoms with Crippen LogP contribution in [0.5, 0.6) is 0 Å². The molecule has 1 saturated carbocycles. The van der Waals surface area contributed by atoms with E-state index in [1.807, 2.05) is 13.0 Å². The van der Waals surface area contributed by atoms with Gasteiger partial charge in [0.1, 0.15) is 11.6 Å². The zero-order chi connectivity index (χ0) is 10.1. The number of rotatable bonds is 2. The van der Waals surface area contributed by atoms with Gasteiger partial charge in [-0.15, -0.1) is 0 Å². The maximum Gasteiger partial charge on any atom is 0.137 e. The monoisotopic (exact) mass is 192 g/mol. The fourth-order valence-corrected chi connectivity index (χ4v) is 2.17. The lowest BCUT2D eigenvalue weighted by Crippen LogP contribution is -2.34. The molecule has 2 rings (SSSR count). The van der Waals surface area contributed by atoms with E-state index in [9.17, 15) is 9.18 Å². The number of ketones is 1. The molecule has 0 heterocycles. The molecule has 2 heteroatoms.